The average Bonchev–Trinajstić information content (AvgIpc) is 2.62. The SMILES string of the molecule is Cc1cccc(C)c1N(C(=O)CNc1ccnc2ccccc12)C(C)C. The highest BCUT2D eigenvalue weighted by Crippen LogP contribution is 2.27. The van der Waals surface area contributed by atoms with Crippen LogP contribution < -0.4 is 10.2 Å². The minimum atomic E-state index is 0.0540. The van der Waals surface area contributed by atoms with Gasteiger partial charge in [-0.15, -0.1) is 0 Å². The third kappa shape index (κ3) is 3.54. The van der Waals surface area contributed by atoms with Gasteiger partial charge in [0.25, 0.3) is 0 Å². The minimum Gasteiger partial charge on any atom is -0.376 e. The molecule has 0 radical (unpaired) electrons. The highest BCUT2D eigenvalue weighted by atomic mass is 16.2. The predicted octanol–water partition coefficient (Wildman–Crippen LogP) is 4.71. The molecule has 4 heteroatoms. The number of benzene rings is 2. The van der Waals surface area contributed by atoms with Gasteiger partial charge in [0.05, 0.1) is 12.1 Å². The fraction of sp³-hybridized carbons (Fsp3) is 0.273. The molecule has 134 valence electrons. The van der Waals surface area contributed by atoms with Gasteiger partial charge in [0, 0.05) is 29.0 Å². The summed E-state index contributed by atoms with van der Waals surface area (Å²) >= 11 is 0. The number of aromatic nitrogens is 1. The quantitative estimate of drug-likeness (QED) is 0.727. The van der Waals surface area contributed by atoms with Gasteiger partial charge in [-0.2, -0.15) is 0 Å². The van der Waals surface area contributed by atoms with Crippen molar-refractivity contribution in [2.45, 2.75) is 33.7 Å². The van der Waals surface area contributed by atoms with E-state index in [1.54, 1.807) is 6.20 Å². The van der Waals surface area contributed by atoms with Crippen LogP contribution in [0.15, 0.2) is 54.7 Å². The molecule has 0 unspecified atom stereocenters. The maximum atomic E-state index is 13.0. The van der Waals surface area contributed by atoms with Gasteiger partial charge in [0.1, 0.15) is 0 Å². The molecule has 0 bridgehead atoms. The molecular weight excluding hydrogens is 322 g/mol. The van der Waals surface area contributed by atoms with Gasteiger partial charge >= 0.3 is 0 Å². The van der Waals surface area contributed by atoms with Crippen LogP contribution >= 0.6 is 0 Å². The molecule has 0 aliphatic heterocycles. The van der Waals surface area contributed by atoms with Gasteiger partial charge in [-0.1, -0.05) is 36.4 Å². The first-order valence-corrected chi connectivity index (χ1v) is 8.95. The summed E-state index contributed by atoms with van der Waals surface area (Å²) in [5, 5.41) is 4.32. The van der Waals surface area contributed by atoms with Crippen molar-refractivity contribution in [3.05, 3.63) is 65.9 Å². The number of pyridine rings is 1. The van der Waals surface area contributed by atoms with E-state index >= 15 is 0 Å². The van der Waals surface area contributed by atoms with Gasteiger partial charge in [-0.05, 0) is 51.0 Å². The molecule has 0 fully saturated rings. The van der Waals surface area contributed by atoms with Gasteiger partial charge in [-0.3, -0.25) is 9.78 Å². The van der Waals surface area contributed by atoms with Crippen LogP contribution in [0.4, 0.5) is 11.4 Å². The van der Waals surface area contributed by atoms with Gasteiger partial charge in [-0.25, -0.2) is 0 Å². The van der Waals surface area contributed by atoms with E-state index in [1.807, 2.05) is 55.1 Å². The number of nitrogens with one attached hydrogen (secondary N) is 1. The molecule has 1 aromatic heterocycles. The topological polar surface area (TPSA) is 45.2 Å². The van der Waals surface area contributed by atoms with E-state index in [0.717, 1.165) is 33.4 Å². The first-order chi connectivity index (χ1) is 12.5. The molecule has 4 nitrogen and oxygen atoms in total. The Hall–Kier alpha value is -2.88. The summed E-state index contributed by atoms with van der Waals surface area (Å²) in [6.07, 6.45) is 1.76. The molecular formula is C22H25N3O. The maximum Gasteiger partial charge on any atom is 0.246 e. The summed E-state index contributed by atoms with van der Waals surface area (Å²) in [4.78, 5) is 19.3. The Kier molecular flexibility index (Phi) is 5.21. The third-order valence-electron chi connectivity index (χ3n) is 4.54. The molecule has 3 aromatic rings. The molecule has 0 aliphatic rings. The lowest BCUT2D eigenvalue weighted by molar-refractivity contribution is -0.117. The number of rotatable bonds is 5. The van der Waals surface area contributed by atoms with Crippen LogP contribution in [0.25, 0.3) is 10.9 Å². The van der Waals surface area contributed by atoms with E-state index in [2.05, 4.69) is 36.3 Å². The molecule has 0 aliphatic carbocycles. The van der Waals surface area contributed by atoms with E-state index in [0.29, 0.717) is 0 Å². The first kappa shape index (κ1) is 17.9. The first-order valence-electron chi connectivity index (χ1n) is 8.95. The van der Waals surface area contributed by atoms with Crippen LogP contribution in [0.5, 0.6) is 0 Å². The minimum absolute atomic E-state index is 0.0540. The van der Waals surface area contributed by atoms with E-state index in [4.69, 9.17) is 0 Å². The number of aryl methyl sites for hydroxylation is 2. The molecule has 3 rings (SSSR count). The number of fused-ring (bicyclic) bond motifs is 1. The van der Waals surface area contributed by atoms with Crippen molar-refractivity contribution in [2.75, 3.05) is 16.8 Å². The second-order valence-corrected chi connectivity index (χ2v) is 6.83. The van der Waals surface area contributed by atoms with Crippen LogP contribution in [0, 0.1) is 13.8 Å². The highest BCUT2D eigenvalue weighted by Gasteiger charge is 2.22. The molecule has 1 N–H and O–H groups in total. The van der Waals surface area contributed by atoms with E-state index in [1.165, 1.54) is 0 Å². The summed E-state index contributed by atoms with van der Waals surface area (Å²) in [6.45, 7) is 8.43. The van der Waals surface area contributed by atoms with E-state index in [9.17, 15) is 4.79 Å². The van der Waals surface area contributed by atoms with Crippen molar-refractivity contribution < 1.29 is 4.79 Å². The number of hydrogen-bond donors (Lipinski definition) is 1. The second-order valence-electron chi connectivity index (χ2n) is 6.83. The zero-order chi connectivity index (χ0) is 18.7. The molecule has 0 saturated carbocycles. The largest absolute Gasteiger partial charge is 0.376 e. The maximum absolute atomic E-state index is 13.0. The number of nitrogens with zero attached hydrogens (tertiary/aromatic N) is 2. The second kappa shape index (κ2) is 7.56. The van der Waals surface area contributed by atoms with Crippen LogP contribution in [0.1, 0.15) is 25.0 Å². The Morgan fingerprint density at radius 1 is 1.04 bits per heavy atom. The standard InChI is InChI=1S/C22H25N3O/c1-15(2)25(22-16(3)8-7-9-17(22)4)21(26)14-24-20-12-13-23-19-11-6-5-10-18(19)20/h5-13,15H,14H2,1-4H3,(H,23,24). The summed E-state index contributed by atoms with van der Waals surface area (Å²) in [7, 11) is 0. The van der Waals surface area contributed by atoms with Crippen LogP contribution in [-0.4, -0.2) is 23.5 Å². The fourth-order valence-corrected chi connectivity index (χ4v) is 3.36. The highest BCUT2D eigenvalue weighted by molar-refractivity contribution is 5.99. The van der Waals surface area contributed by atoms with Crippen molar-refractivity contribution in [3.8, 4) is 0 Å². The van der Waals surface area contributed by atoms with Crippen molar-refractivity contribution in [3.63, 3.8) is 0 Å². The van der Waals surface area contributed by atoms with Crippen LogP contribution in [-0.2, 0) is 4.79 Å². The van der Waals surface area contributed by atoms with E-state index in [-0.39, 0.29) is 18.5 Å². The summed E-state index contributed by atoms with van der Waals surface area (Å²) in [5.74, 6) is 0.0540. The molecule has 0 saturated heterocycles. The Morgan fingerprint density at radius 3 is 2.42 bits per heavy atom. The summed E-state index contributed by atoms with van der Waals surface area (Å²) < 4.78 is 0. The smallest absolute Gasteiger partial charge is 0.246 e. The van der Waals surface area contributed by atoms with Crippen molar-refractivity contribution in [1.29, 1.82) is 0 Å². The summed E-state index contributed by atoms with van der Waals surface area (Å²) in [5.41, 5.74) is 5.08. The van der Waals surface area contributed by atoms with E-state index < -0.39 is 0 Å². The van der Waals surface area contributed by atoms with Crippen molar-refractivity contribution in [1.82, 2.24) is 4.98 Å². The zero-order valence-electron chi connectivity index (χ0n) is 15.8. The molecule has 1 amide bonds. The number of hydrogen-bond acceptors (Lipinski definition) is 3. The van der Waals surface area contributed by atoms with Gasteiger partial charge in [0.2, 0.25) is 5.91 Å². The molecule has 0 spiro atoms. The summed E-state index contributed by atoms with van der Waals surface area (Å²) in [6, 6.07) is 16.1. The van der Waals surface area contributed by atoms with Gasteiger partial charge < -0.3 is 10.2 Å². The normalized spacial score (nSPS) is 11.0. The molecule has 2 aromatic carbocycles. The Morgan fingerprint density at radius 2 is 1.73 bits per heavy atom. The Balaban J connectivity index is 1.85. The van der Waals surface area contributed by atoms with Gasteiger partial charge in [0.15, 0.2) is 0 Å². The molecule has 0 atom stereocenters. The van der Waals surface area contributed by atoms with Crippen LogP contribution in [0.2, 0.25) is 0 Å². The number of carbonyl (C=O) groups excluding carboxylic acids is 1. The lowest BCUT2D eigenvalue weighted by Crippen LogP contribution is -2.41. The number of amides is 1. The van der Waals surface area contributed by atoms with Crippen LogP contribution in [0.3, 0.4) is 0 Å². The number of para-hydroxylation sites is 2. The fourth-order valence-electron chi connectivity index (χ4n) is 3.36. The number of anilines is 2. The molecule has 1 heterocycles. The molecule has 26 heavy (non-hydrogen) atoms. The monoisotopic (exact) mass is 347 g/mol. The Bertz CT molecular complexity index is 908. The lowest BCUT2D eigenvalue weighted by Gasteiger charge is -2.30. The predicted molar refractivity (Wildman–Crippen MR) is 109 cm³/mol. The Labute approximate surface area is 154 Å². The zero-order valence-corrected chi connectivity index (χ0v) is 15.8. The third-order valence-corrected chi connectivity index (χ3v) is 4.54. The number of carbonyl (C=O) groups is 1. The lowest BCUT2D eigenvalue weighted by atomic mass is 10.1. The average molecular weight is 347 g/mol. The van der Waals surface area contributed by atoms with Crippen molar-refractivity contribution in [2.24, 2.45) is 0 Å². The van der Waals surface area contributed by atoms with Crippen molar-refractivity contribution >= 4 is 28.2 Å².